The van der Waals surface area contributed by atoms with Gasteiger partial charge in [0, 0.05) is 12.1 Å². The van der Waals surface area contributed by atoms with Crippen LogP contribution >= 0.6 is 0 Å². The van der Waals surface area contributed by atoms with Gasteiger partial charge in [0.05, 0.1) is 0 Å². The Hall–Kier alpha value is -0.0400. The first-order valence-corrected chi connectivity index (χ1v) is 9.05. The zero-order valence-electron chi connectivity index (χ0n) is 15.6. The van der Waals surface area contributed by atoms with E-state index in [0.717, 1.165) is 23.8 Å². The van der Waals surface area contributed by atoms with Gasteiger partial charge >= 0.3 is 0 Å². The van der Waals surface area contributed by atoms with Gasteiger partial charge in [0.2, 0.25) is 0 Å². The summed E-state index contributed by atoms with van der Waals surface area (Å²) in [6, 6.07) is 1.43. The summed E-state index contributed by atoms with van der Waals surface area (Å²) in [5, 5.41) is 0. The topological polar surface area (TPSA) is 3.24 Å². The van der Waals surface area contributed by atoms with Crippen LogP contribution in [0.5, 0.6) is 0 Å². The van der Waals surface area contributed by atoms with Crippen molar-refractivity contribution in [3.8, 4) is 0 Å². The van der Waals surface area contributed by atoms with Crippen molar-refractivity contribution in [2.24, 2.45) is 17.8 Å². The molecule has 0 N–H and O–H groups in total. The highest BCUT2D eigenvalue weighted by atomic mass is 15.1. The summed E-state index contributed by atoms with van der Waals surface area (Å²) in [5.74, 6) is 2.65. The summed E-state index contributed by atoms with van der Waals surface area (Å²) < 4.78 is 0. The molecule has 0 aliphatic carbocycles. The van der Waals surface area contributed by atoms with Gasteiger partial charge in [-0.1, -0.05) is 60.3 Å². The van der Waals surface area contributed by atoms with Crippen molar-refractivity contribution in [2.75, 3.05) is 7.05 Å². The smallest absolute Gasteiger partial charge is 0.00948 e. The van der Waals surface area contributed by atoms with Gasteiger partial charge in [0.15, 0.2) is 0 Å². The molecule has 0 aromatic heterocycles. The van der Waals surface area contributed by atoms with E-state index in [1.165, 1.54) is 38.5 Å². The van der Waals surface area contributed by atoms with Crippen molar-refractivity contribution in [2.45, 2.75) is 99.1 Å². The third-order valence-electron chi connectivity index (χ3n) is 5.28. The Morgan fingerprint density at radius 3 is 1.85 bits per heavy atom. The minimum Gasteiger partial charge on any atom is -0.301 e. The molecule has 0 rings (SSSR count). The lowest BCUT2D eigenvalue weighted by Crippen LogP contribution is -2.37. The van der Waals surface area contributed by atoms with Crippen molar-refractivity contribution < 1.29 is 0 Å². The van der Waals surface area contributed by atoms with E-state index in [1.807, 2.05) is 0 Å². The predicted octanol–water partition coefficient (Wildman–Crippen LogP) is 5.98. The van der Waals surface area contributed by atoms with Crippen molar-refractivity contribution in [1.82, 2.24) is 4.90 Å². The van der Waals surface area contributed by atoms with Gasteiger partial charge in [-0.25, -0.2) is 0 Å². The van der Waals surface area contributed by atoms with Crippen molar-refractivity contribution in [3.63, 3.8) is 0 Å². The molecule has 0 saturated heterocycles. The van der Waals surface area contributed by atoms with Gasteiger partial charge < -0.3 is 4.90 Å². The third-order valence-corrected chi connectivity index (χ3v) is 5.28. The molecule has 0 aromatic carbocycles. The second kappa shape index (κ2) is 10.7. The molecule has 122 valence electrons. The molecule has 0 aromatic rings. The normalized spacial score (nSPS) is 16.9. The van der Waals surface area contributed by atoms with Gasteiger partial charge in [-0.2, -0.15) is 0 Å². The highest BCUT2D eigenvalue weighted by Gasteiger charge is 2.18. The lowest BCUT2D eigenvalue weighted by molar-refractivity contribution is 0.161. The predicted molar refractivity (Wildman–Crippen MR) is 93.2 cm³/mol. The number of hydrogen-bond donors (Lipinski definition) is 0. The molecule has 0 aliphatic heterocycles. The van der Waals surface area contributed by atoms with Crippen LogP contribution in [0, 0.1) is 17.8 Å². The molecule has 0 spiro atoms. The summed E-state index contributed by atoms with van der Waals surface area (Å²) in [6.45, 7) is 16.5. The monoisotopic (exact) mass is 283 g/mol. The third kappa shape index (κ3) is 7.67. The Balaban J connectivity index is 4.05. The van der Waals surface area contributed by atoms with E-state index in [4.69, 9.17) is 0 Å². The number of nitrogens with zero attached hydrogens (tertiary/aromatic N) is 1. The summed E-state index contributed by atoms with van der Waals surface area (Å²) in [6.07, 6.45) is 8.24. The molecule has 1 nitrogen and oxygen atoms in total. The lowest BCUT2D eigenvalue weighted by Gasteiger charge is -2.32. The van der Waals surface area contributed by atoms with Crippen LogP contribution in [0.1, 0.15) is 87.0 Å². The average Bonchev–Trinajstić information content (AvgIpc) is 2.39. The zero-order valence-corrected chi connectivity index (χ0v) is 15.6. The molecule has 3 atom stereocenters. The molecular formula is C19H41N. The second-order valence-corrected chi connectivity index (χ2v) is 7.51. The largest absolute Gasteiger partial charge is 0.301 e. The zero-order chi connectivity index (χ0) is 15.7. The number of rotatable bonds is 11. The maximum atomic E-state index is 2.56. The van der Waals surface area contributed by atoms with E-state index >= 15 is 0 Å². The van der Waals surface area contributed by atoms with Crippen LogP contribution in [0.2, 0.25) is 0 Å². The molecule has 20 heavy (non-hydrogen) atoms. The van der Waals surface area contributed by atoms with Crippen LogP contribution in [-0.2, 0) is 0 Å². The van der Waals surface area contributed by atoms with Gasteiger partial charge in [-0.15, -0.1) is 0 Å². The molecule has 0 aliphatic rings. The molecule has 0 bridgehead atoms. The van der Waals surface area contributed by atoms with E-state index < -0.39 is 0 Å². The van der Waals surface area contributed by atoms with Crippen molar-refractivity contribution in [1.29, 1.82) is 0 Å². The molecular weight excluding hydrogens is 242 g/mol. The van der Waals surface area contributed by atoms with Gasteiger partial charge in [-0.3, -0.25) is 0 Å². The Morgan fingerprint density at radius 2 is 1.45 bits per heavy atom. The highest BCUT2D eigenvalue weighted by molar-refractivity contribution is 4.73. The van der Waals surface area contributed by atoms with Crippen molar-refractivity contribution >= 4 is 0 Å². The molecule has 0 radical (unpaired) electrons. The lowest BCUT2D eigenvalue weighted by atomic mass is 9.86. The van der Waals surface area contributed by atoms with Crippen LogP contribution in [0.25, 0.3) is 0 Å². The quantitative estimate of drug-likeness (QED) is 0.450. The summed E-state index contributed by atoms with van der Waals surface area (Å²) in [7, 11) is 2.29. The molecule has 0 amide bonds. The molecule has 0 heterocycles. The van der Waals surface area contributed by atoms with E-state index in [1.54, 1.807) is 0 Å². The molecule has 0 fully saturated rings. The van der Waals surface area contributed by atoms with Gasteiger partial charge in [-0.05, 0) is 51.5 Å². The first-order valence-electron chi connectivity index (χ1n) is 9.05. The fourth-order valence-corrected chi connectivity index (χ4v) is 3.36. The van der Waals surface area contributed by atoms with Gasteiger partial charge in [0.25, 0.3) is 0 Å². The number of hydrogen-bond acceptors (Lipinski definition) is 1. The summed E-state index contributed by atoms with van der Waals surface area (Å²) in [4.78, 5) is 2.56. The first kappa shape index (κ1) is 20.0. The van der Waals surface area contributed by atoms with Crippen LogP contribution in [-0.4, -0.2) is 24.0 Å². The Bertz CT molecular complexity index is 222. The fraction of sp³-hybridized carbons (Fsp3) is 1.00. The van der Waals surface area contributed by atoms with E-state index in [0.29, 0.717) is 6.04 Å². The average molecular weight is 284 g/mol. The maximum Gasteiger partial charge on any atom is 0.00948 e. The summed E-state index contributed by atoms with van der Waals surface area (Å²) >= 11 is 0. The van der Waals surface area contributed by atoms with Crippen molar-refractivity contribution in [3.05, 3.63) is 0 Å². The minimum atomic E-state index is 0.664. The molecule has 0 saturated carbocycles. The van der Waals surface area contributed by atoms with Crippen LogP contribution in [0.4, 0.5) is 0 Å². The van der Waals surface area contributed by atoms with E-state index in [-0.39, 0.29) is 0 Å². The van der Waals surface area contributed by atoms with E-state index in [2.05, 4.69) is 60.4 Å². The Kier molecular flexibility index (Phi) is 10.6. The maximum absolute atomic E-state index is 2.56. The van der Waals surface area contributed by atoms with Crippen LogP contribution in [0.15, 0.2) is 0 Å². The fourth-order valence-electron chi connectivity index (χ4n) is 3.36. The molecule has 1 heteroatoms. The minimum absolute atomic E-state index is 0.664. The van der Waals surface area contributed by atoms with Gasteiger partial charge in [0.1, 0.15) is 0 Å². The standard InChI is InChI=1S/C19H41N/c1-9-18(15(3)4)13-11-12-17(7)14-19(10-2)20(8)16(5)6/h15-19H,9-14H2,1-8H3. The summed E-state index contributed by atoms with van der Waals surface area (Å²) in [5.41, 5.74) is 0. The van der Waals surface area contributed by atoms with Crippen LogP contribution in [0.3, 0.4) is 0 Å². The highest BCUT2D eigenvalue weighted by Crippen LogP contribution is 2.25. The SMILES string of the molecule is CCC(CCCC(C)CC(CC)N(C)C(C)C)C(C)C. The Morgan fingerprint density at radius 1 is 0.850 bits per heavy atom. The first-order chi connectivity index (χ1) is 9.33. The second-order valence-electron chi connectivity index (χ2n) is 7.51. The molecule has 3 unspecified atom stereocenters. The van der Waals surface area contributed by atoms with E-state index in [9.17, 15) is 0 Å². The Labute approximate surface area is 129 Å². The van der Waals surface area contributed by atoms with Crippen LogP contribution < -0.4 is 0 Å².